The summed E-state index contributed by atoms with van der Waals surface area (Å²) in [6.45, 7) is 7.12. The van der Waals surface area contributed by atoms with Crippen LogP contribution < -0.4 is 10.1 Å². The standard InChI is InChI=1S/C19H28N2O4/c1-19(2,3)25-18(23)21-10-8-15(9-11-21)17(22)20-13-14-6-5-7-16(12-14)24-4/h5-7,12,15H,8-11,13H2,1-4H3,(H,20,22). The van der Waals surface area contributed by atoms with E-state index in [1.807, 2.05) is 45.0 Å². The average molecular weight is 348 g/mol. The number of nitrogens with one attached hydrogen (secondary N) is 1. The lowest BCUT2D eigenvalue weighted by Crippen LogP contribution is -2.44. The average Bonchev–Trinajstić information content (AvgIpc) is 2.58. The van der Waals surface area contributed by atoms with Crippen molar-refractivity contribution in [3.8, 4) is 5.75 Å². The highest BCUT2D eigenvalue weighted by molar-refractivity contribution is 5.79. The van der Waals surface area contributed by atoms with Crippen LogP contribution in [0.4, 0.5) is 4.79 Å². The van der Waals surface area contributed by atoms with Gasteiger partial charge in [0, 0.05) is 25.6 Å². The lowest BCUT2D eigenvalue weighted by molar-refractivity contribution is -0.126. The third-order valence-electron chi connectivity index (χ3n) is 4.12. The summed E-state index contributed by atoms with van der Waals surface area (Å²) < 4.78 is 10.6. The predicted octanol–water partition coefficient (Wildman–Crippen LogP) is 2.96. The van der Waals surface area contributed by atoms with Crippen LogP contribution in [-0.4, -0.2) is 42.7 Å². The fraction of sp³-hybridized carbons (Fsp3) is 0.579. The van der Waals surface area contributed by atoms with Crippen LogP contribution in [0.1, 0.15) is 39.2 Å². The van der Waals surface area contributed by atoms with E-state index in [9.17, 15) is 9.59 Å². The zero-order valence-corrected chi connectivity index (χ0v) is 15.5. The molecule has 6 nitrogen and oxygen atoms in total. The molecule has 1 aliphatic rings. The van der Waals surface area contributed by atoms with Gasteiger partial charge in [-0.15, -0.1) is 0 Å². The van der Waals surface area contributed by atoms with E-state index >= 15 is 0 Å². The van der Waals surface area contributed by atoms with Gasteiger partial charge in [0.15, 0.2) is 0 Å². The molecular weight excluding hydrogens is 320 g/mol. The van der Waals surface area contributed by atoms with Crippen molar-refractivity contribution in [2.45, 2.75) is 45.8 Å². The Balaban J connectivity index is 1.78. The molecule has 2 rings (SSSR count). The van der Waals surface area contributed by atoms with Crippen LogP contribution >= 0.6 is 0 Å². The van der Waals surface area contributed by atoms with Crippen LogP contribution in [0.3, 0.4) is 0 Å². The molecule has 25 heavy (non-hydrogen) atoms. The van der Waals surface area contributed by atoms with E-state index < -0.39 is 5.60 Å². The van der Waals surface area contributed by atoms with E-state index in [0.717, 1.165) is 11.3 Å². The molecular formula is C19H28N2O4. The van der Waals surface area contributed by atoms with Gasteiger partial charge in [-0.3, -0.25) is 4.79 Å². The number of piperidine rings is 1. The molecule has 1 heterocycles. The largest absolute Gasteiger partial charge is 0.497 e. The highest BCUT2D eigenvalue weighted by atomic mass is 16.6. The third-order valence-corrected chi connectivity index (χ3v) is 4.12. The maximum atomic E-state index is 12.4. The van der Waals surface area contributed by atoms with Gasteiger partial charge in [-0.2, -0.15) is 0 Å². The van der Waals surface area contributed by atoms with Crippen molar-refractivity contribution in [3.63, 3.8) is 0 Å². The third kappa shape index (κ3) is 5.96. The Bertz CT molecular complexity index is 602. The summed E-state index contributed by atoms with van der Waals surface area (Å²) >= 11 is 0. The van der Waals surface area contributed by atoms with Gasteiger partial charge in [-0.1, -0.05) is 12.1 Å². The molecule has 0 bridgehead atoms. The minimum atomic E-state index is -0.498. The summed E-state index contributed by atoms with van der Waals surface area (Å²) in [6, 6.07) is 7.64. The fourth-order valence-electron chi connectivity index (χ4n) is 2.77. The second-order valence-corrected chi connectivity index (χ2v) is 7.31. The molecule has 1 aromatic rings. The summed E-state index contributed by atoms with van der Waals surface area (Å²) in [7, 11) is 1.62. The quantitative estimate of drug-likeness (QED) is 0.908. The number of carbonyl (C=O) groups is 2. The second kappa shape index (κ2) is 8.23. The Morgan fingerprint density at radius 1 is 1.24 bits per heavy atom. The monoisotopic (exact) mass is 348 g/mol. The smallest absolute Gasteiger partial charge is 0.410 e. The first kappa shape index (κ1) is 19.1. The molecule has 0 radical (unpaired) electrons. The molecule has 2 amide bonds. The van der Waals surface area contributed by atoms with Gasteiger partial charge in [0.1, 0.15) is 11.4 Å². The second-order valence-electron chi connectivity index (χ2n) is 7.31. The Morgan fingerprint density at radius 2 is 1.92 bits per heavy atom. The topological polar surface area (TPSA) is 67.9 Å². The first-order valence-corrected chi connectivity index (χ1v) is 8.67. The van der Waals surface area contributed by atoms with Crippen molar-refractivity contribution < 1.29 is 19.1 Å². The minimum absolute atomic E-state index is 0.0339. The summed E-state index contributed by atoms with van der Waals surface area (Å²) in [4.78, 5) is 26.1. The lowest BCUT2D eigenvalue weighted by Gasteiger charge is -2.32. The molecule has 1 aromatic carbocycles. The highest BCUT2D eigenvalue weighted by Crippen LogP contribution is 2.20. The SMILES string of the molecule is COc1cccc(CNC(=O)C2CCN(C(=O)OC(C)(C)C)CC2)c1. The minimum Gasteiger partial charge on any atom is -0.497 e. The maximum absolute atomic E-state index is 12.4. The number of ether oxygens (including phenoxy) is 2. The Hall–Kier alpha value is -2.24. The van der Waals surface area contributed by atoms with Crippen molar-refractivity contribution in [1.82, 2.24) is 10.2 Å². The molecule has 0 spiro atoms. The van der Waals surface area contributed by atoms with Crippen molar-refractivity contribution in [1.29, 1.82) is 0 Å². The molecule has 138 valence electrons. The van der Waals surface area contributed by atoms with Gasteiger partial charge in [-0.05, 0) is 51.3 Å². The molecule has 1 aliphatic heterocycles. The number of benzene rings is 1. The summed E-state index contributed by atoms with van der Waals surface area (Å²) in [5.41, 5.74) is 0.501. The number of methoxy groups -OCH3 is 1. The van der Waals surface area contributed by atoms with Gasteiger partial charge in [0.05, 0.1) is 7.11 Å². The lowest BCUT2D eigenvalue weighted by atomic mass is 9.96. The van der Waals surface area contributed by atoms with Gasteiger partial charge < -0.3 is 19.7 Å². The van der Waals surface area contributed by atoms with Gasteiger partial charge in [0.25, 0.3) is 0 Å². The molecule has 0 saturated carbocycles. The summed E-state index contributed by atoms with van der Waals surface area (Å²) in [5.74, 6) is 0.744. The Labute approximate surface area is 149 Å². The number of carbonyl (C=O) groups excluding carboxylic acids is 2. The molecule has 1 N–H and O–H groups in total. The molecule has 0 aromatic heterocycles. The van der Waals surface area contributed by atoms with Gasteiger partial charge in [0.2, 0.25) is 5.91 Å². The van der Waals surface area contributed by atoms with Gasteiger partial charge >= 0.3 is 6.09 Å². The van der Waals surface area contributed by atoms with Crippen LogP contribution in [0.2, 0.25) is 0 Å². The predicted molar refractivity (Wildman–Crippen MR) is 95.4 cm³/mol. The van der Waals surface area contributed by atoms with Gasteiger partial charge in [-0.25, -0.2) is 4.79 Å². The molecule has 0 atom stereocenters. The van der Waals surface area contributed by atoms with E-state index in [2.05, 4.69) is 5.32 Å². The molecule has 6 heteroatoms. The number of rotatable bonds is 4. The van der Waals surface area contributed by atoms with E-state index in [4.69, 9.17) is 9.47 Å². The summed E-state index contributed by atoms with van der Waals surface area (Å²) in [6.07, 6.45) is 1.01. The Kier molecular flexibility index (Phi) is 6.28. The first-order chi connectivity index (χ1) is 11.8. The van der Waals surface area contributed by atoms with Crippen LogP contribution in [-0.2, 0) is 16.1 Å². The van der Waals surface area contributed by atoms with Crippen molar-refractivity contribution in [3.05, 3.63) is 29.8 Å². The fourth-order valence-corrected chi connectivity index (χ4v) is 2.77. The molecule has 0 aliphatic carbocycles. The van der Waals surface area contributed by atoms with Crippen molar-refractivity contribution >= 4 is 12.0 Å². The number of nitrogens with zero attached hydrogens (tertiary/aromatic N) is 1. The first-order valence-electron chi connectivity index (χ1n) is 8.67. The van der Waals surface area contributed by atoms with Crippen molar-refractivity contribution in [2.24, 2.45) is 5.92 Å². The molecule has 1 fully saturated rings. The van der Waals surface area contributed by atoms with E-state index in [1.54, 1.807) is 12.0 Å². The van der Waals surface area contributed by atoms with Crippen LogP contribution in [0.5, 0.6) is 5.75 Å². The number of hydrogen-bond acceptors (Lipinski definition) is 4. The number of amides is 2. The van der Waals surface area contributed by atoms with E-state index in [1.165, 1.54) is 0 Å². The summed E-state index contributed by atoms with van der Waals surface area (Å²) in [5, 5.41) is 2.97. The molecule has 0 unspecified atom stereocenters. The number of likely N-dealkylation sites (tertiary alicyclic amines) is 1. The number of hydrogen-bond donors (Lipinski definition) is 1. The van der Waals surface area contributed by atoms with E-state index in [0.29, 0.717) is 32.5 Å². The maximum Gasteiger partial charge on any atom is 0.410 e. The Morgan fingerprint density at radius 3 is 2.52 bits per heavy atom. The molecule has 1 saturated heterocycles. The van der Waals surface area contributed by atoms with Crippen LogP contribution in [0.25, 0.3) is 0 Å². The zero-order chi connectivity index (χ0) is 18.4. The normalized spacial score (nSPS) is 15.6. The highest BCUT2D eigenvalue weighted by Gasteiger charge is 2.29. The zero-order valence-electron chi connectivity index (χ0n) is 15.5. The van der Waals surface area contributed by atoms with Crippen LogP contribution in [0.15, 0.2) is 24.3 Å². The van der Waals surface area contributed by atoms with E-state index in [-0.39, 0.29) is 17.9 Å². The van der Waals surface area contributed by atoms with Crippen LogP contribution in [0, 0.1) is 5.92 Å². The van der Waals surface area contributed by atoms with Crippen molar-refractivity contribution in [2.75, 3.05) is 20.2 Å².